The minimum absolute atomic E-state index is 0.0333. The Hall–Kier alpha value is -2.47. The van der Waals surface area contributed by atoms with Crippen LogP contribution in [0.25, 0.3) is 0 Å². The van der Waals surface area contributed by atoms with Gasteiger partial charge in [-0.1, -0.05) is 0 Å². The molecule has 3 atom stereocenters. The Kier molecular flexibility index (Phi) is 8.35. The van der Waals surface area contributed by atoms with Gasteiger partial charge < -0.3 is 24.8 Å². The molecule has 1 amide bonds. The molecule has 0 aliphatic carbocycles. The Morgan fingerprint density at radius 1 is 1.30 bits per heavy atom. The molecule has 168 valence electrons. The van der Waals surface area contributed by atoms with E-state index in [1.807, 2.05) is 19.1 Å². The van der Waals surface area contributed by atoms with E-state index in [2.05, 4.69) is 20.4 Å². The molecule has 0 aromatic carbocycles. The number of carboxylic acids is 1. The highest BCUT2D eigenvalue weighted by atomic mass is 19.4. The van der Waals surface area contributed by atoms with Crippen molar-refractivity contribution in [2.75, 3.05) is 31.7 Å². The summed E-state index contributed by atoms with van der Waals surface area (Å²) in [7, 11) is 1.62. The zero-order valence-corrected chi connectivity index (χ0v) is 16.7. The maximum absolute atomic E-state index is 12.1. The molecule has 3 heterocycles. The van der Waals surface area contributed by atoms with Crippen molar-refractivity contribution in [2.24, 2.45) is 0 Å². The van der Waals surface area contributed by atoms with Gasteiger partial charge in [0.1, 0.15) is 6.10 Å². The lowest BCUT2D eigenvalue weighted by Crippen LogP contribution is -2.48. The number of hydrogen-bond donors (Lipinski definition) is 2. The van der Waals surface area contributed by atoms with Crippen LogP contribution in [0.15, 0.2) is 12.1 Å². The van der Waals surface area contributed by atoms with E-state index < -0.39 is 12.1 Å². The third-order valence-corrected chi connectivity index (χ3v) is 4.77. The topological polar surface area (TPSA) is 114 Å². The zero-order chi connectivity index (χ0) is 22.3. The molecule has 0 bridgehead atoms. The molecule has 30 heavy (non-hydrogen) atoms. The number of hydrogen-bond acceptors (Lipinski definition) is 7. The number of fused-ring (bicyclic) bond motifs is 1. The molecule has 0 saturated carbocycles. The largest absolute Gasteiger partial charge is 0.490 e. The second kappa shape index (κ2) is 10.5. The van der Waals surface area contributed by atoms with Crippen LogP contribution in [-0.2, 0) is 19.1 Å². The number of ether oxygens (including phenoxy) is 2. The molecular weight excluding hydrogens is 409 g/mol. The fraction of sp³-hybridized carbons (Fsp3) is 0.667. The molecule has 0 unspecified atom stereocenters. The summed E-state index contributed by atoms with van der Waals surface area (Å²) in [5.41, 5.74) is 0.914. The zero-order valence-electron chi connectivity index (χ0n) is 16.7. The molecule has 0 radical (unpaired) electrons. The van der Waals surface area contributed by atoms with E-state index in [0.717, 1.165) is 37.3 Å². The van der Waals surface area contributed by atoms with E-state index in [-0.39, 0.29) is 24.2 Å². The number of amides is 1. The van der Waals surface area contributed by atoms with Gasteiger partial charge in [-0.2, -0.15) is 18.3 Å². The third kappa shape index (κ3) is 6.52. The van der Waals surface area contributed by atoms with Crippen molar-refractivity contribution in [2.45, 2.75) is 50.6 Å². The van der Waals surface area contributed by atoms with Gasteiger partial charge in [0.05, 0.1) is 24.4 Å². The van der Waals surface area contributed by atoms with Crippen LogP contribution in [0.2, 0.25) is 0 Å². The number of aromatic nitrogens is 2. The first-order valence-corrected chi connectivity index (χ1v) is 9.42. The predicted octanol–water partition coefficient (Wildman–Crippen LogP) is 1.31. The summed E-state index contributed by atoms with van der Waals surface area (Å²) in [6, 6.07) is 4.27. The molecule has 0 spiro atoms. The molecule has 2 fully saturated rings. The molecule has 3 rings (SSSR count). The van der Waals surface area contributed by atoms with Crippen LogP contribution < -0.4 is 10.2 Å². The van der Waals surface area contributed by atoms with Crippen LogP contribution in [0.5, 0.6) is 0 Å². The van der Waals surface area contributed by atoms with Gasteiger partial charge in [-0.25, -0.2) is 4.79 Å². The molecule has 2 aliphatic rings. The minimum Gasteiger partial charge on any atom is -0.475 e. The van der Waals surface area contributed by atoms with E-state index in [1.165, 1.54) is 0 Å². The fourth-order valence-electron chi connectivity index (χ4n) is 3.34. The molecule has 2 N–H and O–H groups in total. The highest BCUT2D eigenvalue weighted by molar-refractivity contribution is 5.80. The Morgan fingerprint density at radius 2 is 2.00 bits per heavy atom. The summed E-state index contributed by atoms with van der Waals surface area (Å²) in [4.78, 5) is 23.3. The highest BCUT2D eigenvalue weighted by Gasteiger charge is 2.42. The Morgan fingerprint density at radius 3 is 2.57 bits per heavy atom. The van der Waals surface area contributed by atoms with Crippen LogP contribution in [0, 0.1) is 6.92 Å². The lowest BCUT2D eigenvalue weighted by Gasteiger charge is -2.35. The Balaban J connectivity index is 0.000000396. The van der Waals surface area contributed by atoms with Crippen molar-refractivity contribution in [3.8, 4) is 0 Å². The molecule has 9 nitrogen and oxygen atoms in total. The van der Waals surface area contributed by atoms with E-state index >= 15 is 0 Å². The first kappa shape index (κ1) is 23.8. The van der Waals surface area contributed by atoms with Crippen molar-refractivity contribution in [3.05, 3.63) is 17.8 Å². The third-order valence-electron chi connectivity index (χ3n) is 4.77. The van der Waals surface area contributed by atoms with Crippen LogP contribution in [0.4, 0.5) is 19.0 Å². The maximum Gasteiger partial charge on any atom is 0.490 e. The van der Waals surface area contributed by atoms with Crippen molar-refractivity contribution < 1.29 is 37.3 Å². The summed E-state index contributed by atoms with van der Waals surface area (Å²) in [6.45, 7) is 3.86. The minimum atomic E-state index is -5.08. The summed E-state index contributed by atoms with van der Waals surface area (Å²) in [6.07, 6.45) is -2.76. The van der Waals surface area contributed by atoms with Gasteiger partial charge in [0.2, 0.25) is 5.91 Å². The summed E-state index contributed by atoms with van der Waals surface area (Å²) in [5, 5.41) is 18.4. The normalized spacial score (nSPS) is 23.2. The molecule has 1 aromatic rings. The van der Waals surface area contributed by atoms with Gasteiger partial charge in [0.25, 0.3) is 0 Å². The maximum atomic E-state index is 12.1. The van der Waals surface area contributed by atoms with Gasteiger partial charge in [-0.3, -0.25) is 4.79 Å². The molecule has 2 aliphatic heterocycles. The molecule has 1 aromatic heterocycles. The second-order valence-electron chi connectivity index (χ2n) is 6.91. The smallest absolute Gasteiger partial charge is 0.475 e. The van der Waals surface area contributed by atoms with Gasteiger partial charge in [-0.15, -0.1) is 5.10 Å². The number of nitrogens with zero attached hydrogens (tertiary/aromatic N) is 3. The van der Waals surface area contributed by atoms with Gasteiger partial charge in [0, 0.05) is 20.2 Å². The average Bonchev–Trinajstić information content (AvgIpc) is 3.11. The van der Waals surface area contributed by atoms with Crippen LogP contribution in [-0.4, -0.2) is 78.4 Å². The van der Waals surface area contributed by atoms with Gasteiger partial charge in [0.15, 0.2) is 5.82 Å². The number of rotatable bonds is 5. The summed E-state index contributed by atoms with van der Waals surface area (Å²) < 4.78 is 42.7. The lowest BCUT2D eigenvalue weighted by molar-refractivity contribution is -0.192. The SMILES string of the molecule is COCCNC(=O)[C@@H]1CC[C@@H]2[C@@H](CCN2c2ccc(C)nn2)O1.O=C(O)C(F)(F)F. The number of alkyl halides is 3. The Bertz CT molecular complexity index is 717. The number of carbonyl (C=O) groups excluding carboxylic acids is 1. The first-order chi connectivity index (χ1) is 14.1. The van der Waals surface area contributed by atoms with Crippen molar-refractivity contribution in [1.82, 2.24) is 15.5 Å². The van der Waals surface area contributed by atoms with Crippen molar-refractivity contribution in [3.63, 3.8) is 0 Å². The number of aliphatic carboxylic acids is 1. The van der Waals surface area contributed by atoms with Gasteiger partial charge >= 0.3 is 12.1 Å². The van der Waals surface area contributed by atoms with Gasteiger partial charge in [-0.05, 0) is 38.3 Å². The van der Waals surface area contributed by atoms with Crippen molar-refractivity contribution in [1.29, 1.82) is 0 Å². The summed E-state index contributed by atoms with van der Waals surface area (Å²) >= 11 is 0. The van der Waals surface area contributed by atoms with E-state index in [1.54, 1.807) is 7.11 Å². The standard InChI is InChI=1S/C16H24N4O3.C2HF3O2/c1-11-3-6-15(19-18-11)20-9-7-13-12(20)4-5-14(23-13)16(21)17-8-10-22-2;3-2(4,5)1(6)7/h3,6,12-14H,4-5,7-10H2,1-2H3,(H,17,21);(H,6,7)/t12-,13-,14+;/m1./s1. The monoisotopic (exact) mass is 434 g/mol. The lowest BCUT2D eigenvalue weighted by atomic mass is 9.98. The average molecular weight is 434 g/mol. The number of carbonyl (C=O) groups is 2. The molecular formula is C18H25F3N4O5. The Labute approximate surface area is 171 Å². The number of aryl methyl sites for hydroxylation is 1. The number of halogens is 3. The van der Waals surface area contributed by atoms with Crippen molar-refractivity contribution >= 4 is 17.7 Å². The highest BCUT2D eigenvalue weighted by Crippen LogP contribution is 2.33. The molecule has 12 heteroatoms. The number of anilines is 1. The number of carboxylic acid groups (broad SMARTS) is 1. The number of nitrogens with one attached hydrogen (secondary N) is 1. The quantitative estimate of drug-likeness (QED) is 0.667. The van der Waals surface area contributed by atoms with Crippen LogP contribution >= 0.6 is 0 Å². The van der Waals surface area contributed by atoms with E-state index in [9.17, 15) is 18.0 Å². The predicted molar refractivity (Wildman–Crippen MR) is 99.0 cm³/mol. The second-order valence-corrected chi connectivity index (χ2v) is 6.91. The first-order valence-electron chi connectivity index (χ1n) is 9.42. The van der Waals surface area contributed by atoms with Crippen LogP contribution in [0.3, 0.4) is 0 Å². The van der Waals surface area contributed by atoms with Crippen LogP contribution in [0.1, 0.15) is 25.0 Å². The summed E-state index contributed by atoms with van der Waals surface area (Å²) in [5.74, 6) is -1.89. The van der Waals surface area contributed by atoms with E-state index in [0.29, 0.717) is 13.2 Å². The number of methoxy groups -OCH3 is 1. The fourth-order valence-corrected chi connectivity index (χ4v) is 3.34. The molecule has 2 saturated heterocycles. The van der Waals surface area contributed by atoms with E-state index in [4.69, 9.17) is 19.4 Å².